The van der Waals surface area contributed by atoms with Crippen molar-refractivity contribution in [1.82, 2.24) is 20.0 Å². The van der Waals surface area contributed by atoms with Gasteiger partial charge in [-0.3, -0.25) is 4.79 Å². The predicted molar refractivity (Wildman–Crippen MR) is 112 cm³/mol. The number of carbonyl (C=O) groups excluding carboxylic acids is 1. The molecule has 0 saturated carbocycles. The van der Waals surface area contributed by atoms with Gasteiger partial charge in [-0.1, -0.05) is 42.0 Å². The van der Waals surface area contributed by atoms with Gasteiger partial charge in [0.15, 0.2) is 0 Å². The zero-order valence-corrected chi connectivity index (χ0v) is 16.5. The van der Waals surface area contributed by atoms with Crippen LogP contribution in [0.5, 0.6) is 0 Å². The van der Waals surface area contributed by atoms with Crippen LogP contribution in [0.15, 0.2) is 54.7 Å². The molecule has 1 fully saturated rings. The van der Waals surface area contributed by atoms with Crippen LogP contribution in [0.2, 0.25) is 0 Å². The van der Waals surface area contributed by atoms with Gasteiger partial charge in [0.2, 0.25) is 0 Å². The smallest absolute Gasteiger partial charge is 0.257 e. The first kappa shape index (κ1) is 18.4. The fourth-order valence-corrected chi connectivity index (χ4v) is 3.74. The number of rotatable bonds is 3. The minimum absolute atomic E-state index is 0.0563. The highest BCUT2D eigenvalue weighted by Gasteiger charge is 2.24. The molecular weight excluding hydrogens is 348 g/mol. The molecule has 0 radical (unpaired) electrons. The minimum atomic E-state index is 0.0563. The molecule has 5 heteroatoms. The summed E-state index contributed by atoms with van der Waals surface area (Å²) < 4.78 is 1.82. The Balaban J connectivity index is 1.81. The summed E-state index contributed by atoms with van der Waals surface area (Å²) in [6.07, 6.45) is 2.85. The van der Waals surface area contributed by atoms with Gasteiger partial charge in [-0.2, -0.15) is 5.10 Å². The number of hydrogen-bond donors (Lipinski definition) is 1. The summed E-state index contributed by atoms with van der Waals surface area (Å²) >= 11 is 0. The lowest BCUT2D eigenvalue weighted by molar-refractivity contribution is 0.0767. The quantitative estimate of drug-likeness (QED) is 0.762. The Morgan fingerprint density at radius 3 is 2.64 bits per heavy atom. The molecule has 1 N–H and O–H groups in total. The zero-order valence-electron chi connectivity index (χ0n) is 16.5. The van der Waals surface area contributed by atoms with Crippen LogP contribution in [-0.2, 0) is 0 Å². The Hall–Kier alpha value is -2.92. The van der Waals surface area contributed by atoms with Crippen molar-refractivity contribution >= 4 is 5.91 Å². The summed E-state index contributed by atoms with van der Waals surface area (Å²) in [5.74, 6) is 0.0563. The first-order chi connectivity index (χ1) is 13.6. The van der Waals surface area contributed by atoms with Gasteiger partial charge in [0, 0.05) is 31.4 Å². The molecule has 2 heterocycles. The van der Waals surface area contributed by atoms with Gasteiger partial charge < -0.3 is 10.2 Å². The molecule has 28 heavy (non-hydrogen) atoms. The van der Waals surface area contributed by atoms with Gasteiger partial charge in [0.05, 0.1) is 11.3 Å². The summed E-state index contributed by atoms with van der Waals surface area (Å²) in [6.45, 7) is 7.44. The van der Waals surface area contributed by atoms with E-state index in [0.717, 1.165) is 55.1 Å². The molecule has 1 aliphatic rings. The number of carbonyl (C=O) groups is 1. The van der Waals surface area contributed by atoms with Gasteiger partial charge in [0.1, 0.15) is 5.69 Å². The van der Waals surface area contributed by atoms with Crippen molar-refractivity contribution in [2.75, 3.05) is 26.2 Å². The van der Waals surface area contributed by atoms with Crippen molar-refractivity contribution in [3.8, 4) is 16.9 Å². The van der Waals surface area contributed by atoms with Gasteiger partial charge in [-0.25, -0.2) is 4.68 Å². The lowest BCUT2D eigenvalue weighted by Crippen LogP contribution is -2.34. The Kier molecular flexibility index (Phi) is 5.26. The molecule has 1 amide bonds. The molecule has 1 aliphatic heterocycles. The Labute approximate surface area is 166 Å². The molecule has 0 bridgehead atoms. The van der Waals surface area contributed by atoms with Crippen LogP contribution < -0.4 is 5.32 Å². The molecule has 0 spiro atoms. The minimum Gasteiger partial charge on any atom is -0.337 e. The van der Waals surface area contributed by atoms with Crippen molar-refractivity contribution < 1.29 is 4.79 Å². The number of aromatic nitrogens is 2. The van der Waals surface area contributed by atoms with Gasteiger partial charge in [-0.05, 0) is 44.5 Å². The summed E-state index contributed by atoms with van der Waals surface area (Å²) in [7, 11) is 0. The third kappa shape index (κ3) is 3.71. The molecule has 0 atom stereocenters. The molecule has 144 valence electrons. The predicted octanol–water partition coefficient (Wildman–Crippen LogP) is 3.59. The number of nitrogens with one attached hydrogen (secondary N) is 1. The second-order valence-electron chi connectivity index (χ2n) is 7.39. The van der Waals surface area contributed by atoms with E-state index >= 15 is 0 Å². The largest absolute Gasteiger partial charge is 0.337 e. The molecule has 2 aromatic carbocycles. The fourth-order valence-electron chi connectivity index (χ4n) is 3.74. The highest BCUT2D eigenvalue weighted by Crippen LogP contribution is 2.28. The highest BCUT2D eigenvalue weighted by molar-refractivity contribution is 6.00. The van der Waals surface area contributed by atoms with E-state index in [9.17, 15) is 4.79 Å². The van der Waals surface area contributed by atoms with Gasteiger partial charge in [-0.15, -0.1) is 0 Å². The Morgan fingerprint density at radius 1 is 1.04 bits per heavy atom. The second kappa shape index (κ2) is 7.98. The van der Waals surface area contributed by atoms with Crippen molar-refractivity contribution in [2.45, 2.75) is 20.3 Å². The van der Waals surface area contributed by atoms with E-state index in [1.807, 2.05) is 46.1 Å². The molecule has 1 saturated heterocycles. The summed E-state index contributed by atoms with van der Waals surface area (Å²) in [6, 6.07) is 16.2. The highest BCUT2D eigenvalue weighted by atomic mass is 16.2. The number of nitrogens with zero attached hydrogens (tertiary/aromatic N) is 3. The zero-order chi connectivity index (χ0) is 19.5. The summed E-state index contributed by atoms with van der Waals surface area (Å²) in [4.78, 5) is 15.4. The second-order valence-corrected chi connectivity index (χ2v) is 7.39. The van der Waals surface area contributed by atoms with Crippen LogP contribution in [0.4, 0.5) is 0 Å². The summed E-state index contributed by atoms with van der Waals surface area (Å²) in [5.41, 5.74) is 5.71. The molecule has 1 aromatic heterocycles. The average molecular weight is 374 g/mol. The van der Waals surface area contributed by atoms with E-state index in [2.05, 4.69) is 37.4 Å². The number of amides is 1. The molecule has 0 aliphatic carbocycles. The van der Waals surface area contributed by atoms with Crippen molar-refractivity contribution in [2.24, 2.45) is 0 Å². The standard InChI is InChI=1S/C23H26N4O/c1-17-9-10-20(18(2)15-17)22-21(23(28)26-13-6-11-24-12-14-26)16-27(25-22)19-7-4-3-5-8-19/h3-5,7-10,15-16,24H,6,11-14H2,1-2H3. The van der Waals surface area contributed by atoms with E-state index in [1.165, 1.54) is 5.56 Å². The van der Waals surface area contributed by atoms with E-state index in [1.54, 1.807) is 0 Å². The van der Waals surface area contributed by atoms with Crippen molar-refractivity contribution in [3.63, 3.8) is 0 Å². The number of hydrogen-bond acceptors (Lipinski definition) is 3. The molecule has 0 unspecified atom stereocenters. The molecule has 3 aromatic rings. The first-order valence-corrected chi connectivity index (χ1v) is 9.86. The lowest BCUT2D eigenvalue weighted by Gasteiger charge is -2.20. The third-order valence-corrected chi connectivity index (χ3v) is 5.23. The van der Waals surface area contributed by atoms with Gasteiger partial charge >= 0.3 is 0 Å². The van der Waals surface area contributed by atoms with Crippen LogP contribution in [-0.4, -0.2) is 46.8 Å². The molecule has 5 nitrogen and oxygen atoms in total. The monoisotopic (exact) mass is 374 g/mol. The maximum absolute atomic E-state index is 13.4. The molecule has 4 rings (SSSR count). The first-order valence-electron chi connectivity index (χ1n) is 9.86. The van der Waals surface area contributed by atoms with E-state index < -0.39 is 0 Å². The number of para-hydroxylation sites is 1. The Bertz CT molecular complexity index is 970. The lowest BCUT2D eigenvalue weighted by atomic mass is 10.00. The third-order valence-electron chi connectivity index (χ3n) is 5.23. The molecular formula is C23H26N4O. The van der Waals surface area contributed by atoms with Crippen LogP contribution >= 0.6 is 0 Å². The Morgan fingerprint density at radius 2 is 1.86 bits per heavy atom. The van der Waals surface area contributed by atoms with Crippen LogP contribution in [0.25, 0.3) is 16.9 Å². The summed E-state index contributed by atoms with van der Waals surface area (Å²) in [5, 5.41) is 8.20. The van der Waals surface area contributed by atoms with Crippen LogP contribution in [0, 0.1) is 13.8 Å². The fraction of sp³-hybridized carbons (Fsp3) is 0.304. The number of aryl methyl sites for hydroxylation is 2. The van der Waals surface area contributed by atoms with Crippen LogP contribution in [0.1, 0.15) is 27.9 Å². The topological polar surface area (TPSA) is 50.2 Å². The van der Waals surface area contributed by atoms with Crippen molar-refractivity contribution in [3.05, 3.63) is 71.4 Å². The normalized spacial score (nSPS) is 14.7. The van der Waals surface area contributed by atoms with E-state index in [0.29, 0.717) is 5.56 Å². The SMILES string of the molecule is Cc1ccc(-c2nn(-c3ccccc3)cc2C(=O)N2CCCNCC2)c(C)c1. The van der Waals surface area contributed by atoms with Gasteiger partial charge in [0.25, 0.3) is 5.91 Å². The van der Waals surface area contributed by atoms with Crippen molar-refractivity contribution in [1.29, 1.82) is 0 Å². The maximum atomic E-state index is 13.4. The average Bonchev–Trinajstić information content (AvgIpc) is 2.95. The van der Waals surface area contributed by atoms with E-state index in [-0.39, 0.29) is 5.91 Å². The number of benzene rings is 2. The van der Waals surface area contributed by atoms with E-state index in [4.69, 9.17) is 5.10 Å². The maximum Gasteiger partial charge on any atom is 0.257 e. The van der Waals surface area contributed by atoms with Crippen LogP contribution in [0.3, 0.4) is 0 Å².